The number of rotatable bonds is 6. The van der Waals surface area contributed by atoms with E-state index in [2.05, 4.69) is 24.8 Å². The van der Waals surface area contributed by atoms with E-state index < -0.39 is 0 Å². The second-order valence-corrected chi connectivity index (χ2v) is 8.63. The monoisotopic (exact) mass is 422 g/mol. The number of fused-ring (bicyclic) bond motifs is 1. The highest BCUT2D eigenvalue weighted by Crippen LogP contribution is 2.28. The summed E-state index contributed by atoms with van der Waals surface area (Å²) in [6, 6.07) is 8.30. The minimum Gasteiger partial charge on any atom is -0.423 e. The molecule has 0 unspecified atom stereocenters. The van der Waals surface area contributed by atoms with Gasteiger partial charge in [0.1, 0.15) is 17.4 Å². The van der Waals surface area contributed by atoms with Crippen LogP contribution in [-0.2, 0) is 11.3 Å². The number of nitrogens with one attached hydrogen (secondary N) is 1. The summed E-state index contributed by atoms with van der Waals surface area (Å²) in [6.45, 7) is 6.64. The van der Waals surface area contributed by atoms with E-state index in [1.165, 1.54) is 0 Å². The Kier molecular flexibility index (Phi) is 5.63. The molecule has 5 rings (SSSR count). The first-order valence-corrected chi connectivity index (χ1v) is 11.3. The van der Waals surface area contributed by atoms with Gasteiger partial charge in [0.2, 0.25) is 5.91 Å². The molecule has 8 heteroatoms. The lowest BCUT2D eigenvalue weighted by molar-refractivity contribution is -0.123. The quantitative estimate of drug-likeness (QED) is 0.658. The number of anilines is 1. The average Bonchev–Trinajstić information content (AvgIpc) is 3.52. The number of likely N-dealkylation sites (tertiary alicyclic amines) is 1. The zero-order valence-electron chi connectivity index (χ0n) is 18.0. The Morgan fingerprint density at radius 2 is 2.10 bits per heavy atom. The fourth-order valence-electron chi connectivity index (χ4n) is 4.76. The van der Waals surface area contributed by atoms with Crippen LogP contribution in [0.5, 0.6) is 0 Å². The number of nitrogens with zero attached hydrogens (tertiary/aromatic N) is 5. The molecule has 0 bridgehead atoms. The van der Waals surface area contributed by atoms with E-state index in [1.54, 1.807) is 0 Å². The van der Waals surface area contributed by atoms with E-state index in [0.29, 0.717) is 6.01 Å². The fourth-order valence-corrected chi connectivity index (χ4v) is 4.76. The van der Waals surface area contributed by atoms with Crippen LogP contribution in [-0.4, -0.2) is 63.6 Å². The highest BCUT2D eigenvalue weighted by Gasteiger charge is 2.34. The van der Waals surface area contributed by atoms with E-state index in [4.69, 9.17) is 4.42 Å². The van der Waals surface area contributed by atoms with Crippen molar-refractivity contribution in [3.8, 4) is 0 Å². The van der Waals surface area contributed by atoms with E-state index >= 15 is 0 Å². The predicted octanol–water partition coefficient (Wildman–Crippen LogP) is 2.58. The number of carbonyl (C=O) groups is 1. The third-order valence-corrected chi connectivity index (χ3v) is 6.53. The Morgan fingerprint density at radius 1 is 1.19 bits per heavy atom. The van der Waals surface area contributed by atoms with Crippen LogP contribution in [0, 0.1) is 6.92 Å². The smallest absolute Gasteiger partial charge is 0.299 e. The first kappa shape index (κ1) is 20.1. The van der Waals surface area contributed by atoms with Crippen LogP contribution in [0.2, 0.25) is 0 Å². The first-order valence-electron chi connectivity index (χ1n) is 11.3. The summed E-state index contributed by atoms with van der Waals surface area (Å²) in [5.41, 5.74) is 1.60. The lowest BCUT2D eigenvalue weighted by Gasteiger charge is -2.34. The van der Waals surface area contributed by atoms with Gasteiger partial charge < -0.3 is 19.2 Å². The SMILES string of the molecule is Cc1nccn1CCN1CC[C@H](NC(=O)[C@@H]2CCCCN2c2nc3ccccc3o2)C1. The summed E-state index contributed by atoms with van der Waals surface area (Å²) >= 11 is 0. The van der Waals surface area contributed by atoms with Crippen molar-refractivity contribution in [2.45, 2.75) is 51.2 Å². The Balaban J connectivity index is 1.19. The van der Waals surface area contributed by atoms with Crippen molar-refractivity contribution >= 4 is 23.0 Å². The molecule has 0 saturated carbocycles. The molecular formula is C23H30N6O2. The van der Waals surface area contributed by atoms with Crippen molar-refractivity contribution in [3.63, 3.8) is 0 Å². The molecule has 164 valence electrons. The lowest BCUT2D eigenvalue weighted by Crippen LogP contribution is -2.52. The Morgan fingerprint density at radius 3 is 2.94 bits per heavy atom. The molecule has 2 aliphatic rings. The van der Waals surface area contributed by atoms with E-state index in [9.17, 15) is 4.79 Å². The van der Waals surface area contributed by atoms with Gasteiger partial charge in [0.05, 0.1) is 0 Å². The number of imidazole rings is 1. The van der Waals surface area contributed by atoms with Gasteiger partial charge in [-0.25, -0.2) is 4.98 Å². The number of benzene rings is 1. The van der Waals surface area contributed by atoms with Gasteiger partial charge in [0.25, 0.3) is 6.01 Å². The van der Waals surface area contributed by atoms with Gasteiger partial charge >= 0.3 is 0 Å². The second-order valence-electron chi connectivity index (χ2n) is 8.63. The molecule has 2 aromatic heterocycles. The van der Waals surface area contributed by atoms with Gasteiger partial charge in [0.15, 0.2) is 5.58 Å². The zero-order chi connectivity index (χ0) is 21.2. The number of aromatic nitrogens is 3. The van der Waals surface area contributed by atoms with Crippen LogP contribution in [0.4, 0.5) is 6.01 Å². The predicted molar refractivity (Wildman–Crippen MR) is 119 cm³/mol. The lowest BCUT2D eigenvalue weighted by atomic mass is 10.0. The molecule has 1 aromatic carbocycles. The molecule has 1 amide bonds. The molecule has 2 aliphatic heterocycles. The molecule has 0 radical (unpaired) electrons. The Hall–Kier alpha value is -2.87. The molecule has 0 aliphatic carbocycles. The first-order chi connectivity index (χ1) is 15.2. The number of hydrogen-bond donors (Lipinski definition) is 1. The van der Waals surface area contributed by atoms with Crippen LogP contribution in [0.25, 0.3) is 11.1 Å². The van der Waals surface area contributed by atoms with Gasteiger partial charge in [-0.3, -0.25) is 9.69 Å². The van der Waals surface area contributed by atoms with Gasteiger partial charge in [0, 0.05) is 51.2 Å². The molecule has 31 heavy (non-hydrogen) atoms. The van der Waals surface area contributed by atoms with Gasteiger partial charge in [-0.15, -0.1) is 0 Å². The van der Waals surface area contributed by atoms with Gasteiger partial charge in [-0.2, -0.15) is 4.98 Å². The van der Waals surface area contributed by atoms with Crippen molar-refractivity contribution < 1.29 is 9.21 Å². The molecule has 8 nitrogen and oxygen atoms in total. The molecule has 2 atom stereocenters. The molecule has 2 fully saturated rings. The maximum absolute atomic E-state index is 13.2. The van der Waals surface area contributed by atoms with Crippen molar-refractivity contribution in [3.05, 3.63) is 42.5 Å². The third kappa shape index (κ3) is 4.30. The third-order valence-electron chi connectivity index (χ3n) is 6.53. The van der Waals surface area contributed by atoms with Gasteiger partial charge in [-0.1, -0.05) is 12.1 Å². The number of aryl methyl sites for hydroxylation is 1. The molecule has 2 saturated heterocycles. The summed E-state index contributed by atoms with van der Waals surface area (Å²) < 4.78 is 8.14. The molecular weight excluding hydrogens is 392 g/mol. The van der Waals surface area contributed by atoms with Gasteiger partial charge in [-0.05, 0) is 44.7 Å². The summed E-state index contributed by atoms with van der Waals surface area (Å²) in [4.78, 5) is 26.6. The number of carbonyl (C=O) groups excluding carboxylic acids is 1. The largest absolute Gasteiger partial charge is 0.423 e. The topological polar surface area (TPSA) is 79.4 Å². The van der Waals surface area contributed by atoms with E-state index in [0.717, 1.165) is 75.3 Å². The van der Waals surface area contributed by atoms with Crippen LogP contribution in [0.15, 0.2) is 41.1 Å². The number of amides is 1. The Labute approximate surface area is 182 Å². The summed E-state index contributed by atoms with van der Waals surface area (Å²) in [5.74, 6) is 1.14. The minimum absolute atomic E-state index is 0.0965. The summed E-state index contributed by atoms with van der Waals surface area (Å²) in [5, 5.41) is 3.31. The van der Waals surface area contributed by atoms with Crippen molar-refractivity contribution in [1.82, 2.24) is 24.8 Å². The van der Waals surface area contributed by atoms with Crippen LogP contribution in [0.3, 0.4) is 0 Å². The zero-order valence-corrected chi connectivity index (χ0v) is 18.0. The van der Waals surface area contributed by atoms with Crippen LogP contribution >= 0.6 is 0 Å². The van der Waals surface area contributed by atoms with E-state index in [-0.39, 0.29) is 18.0 Å². The molecule has 0 spiro atoms. The van der Waals surface area contributed by atoms with Crippen molar-refractivity contribution in [2.24, 2.45) is 0 Å². The number of para-hydroxylation sites is 2. The molecule has 1 N–H and O–H groups in total. The fraction of sp³-hybridized carbons (Fsp3) is 0.522. The van der Waals surface area contributed by atoms with Crippen LogP contribution in [0.1, 0.15) is 31.5 Å². The number of oxazole rings is 1. The van der Waals surface area contributed by atoms with Crippen molar-refractivity contribution in [1.29, 1.82) is 0 Å². The minimum atomic E-state index is -0.218. The average molecular weight is 423 g/mol. The molecule has 3 aromatic rings. The van der Waals surface area contributed by atoms with Crippen LogP contribution < -0.4 is 10.2 Å². The molecule has 4 heterocycles. The second kappa shape index (κ2) is 8.70. The highest BCUT2D eigenvalue weighted by molar-refractivity contribution is 5.85. The summed E-state index contributed by atoms with van der Waals surface area (Å²) in [6.07, 6.45) is 7.79. The van der Waals surface area contributed by atoms with E-state index in [1.807, 2.05) is 48.5 Å². The standard InChI is InChI=1S/C23H30N6O2/c1-17-24-10-13-28(17)15-14-27-12-9-18(16-27)25-22(30)20-7-4-5-11-29(20)23-26-19-6-2-3-8-21(19)31-23/h2-3,6,8,10,13,18,20H,4-5,7,9,11-12,14-16H2,1H3,(H,25,30)/t18-,20-/m0/s1. The maximum atomic E-state index is 13.2. The van der Waals surface area contributed by atoms with Crippen molar-refractivity contribution in [2.75, 3.05) is 31.1 Å². The summed E-state index contributed by atoms with van der Waals surface area (Å²) in [7, 11) is 0. The maximum Gasteiger partial charge on any atom is 0.299 e. The Bertz CT molecular complexity index is 1010. The highest BCUT2D eigenvalue weighted by atomic mass is 16.4. The number of hydrogen-bond acceptors (Lipinski definition) is 6. The normalized spacial score (nSPS) is 22.3. The number of piperidine rings is 1.